The van der Waals surface area contributed by atoms with Crippen molar-refractivity contribution in [1.82, 2.24) is 4.90 Å². The molecule has 10 heteroatoms. The second-order valence-corrected chi connectivity index (χ2v) is 9.76. The van der Waals surface area contributed by atoms with Crippen LogP contribution in [-0.2, 0) is 4.79 Å². The third-order valence-electron chi connectivity index (χ3n) is 7.00. The summed E-state index contributed by atoms with van der Waals surface area (Å²) < 4.78 is 86.0. The third kappa shape index (κ3) is 5.87. The Bertz CT molecular complexity index is 1210. The number of nitrogens with zero attached hydrogens (tertiary/aromatic N) is 1. The van der Waals surface area contributed by atoms with E-state index < -0.39 is 35.2 Å². The van der Waals surface area contributed by atoms with Crippen LogP contribution in [0.3, 0.4) is 0 Å². The first-order chi connectivity index (χ1) is 17.3. The summed E-state index contributed by atoms with van der Waals surface area (Å²) in [5.74, 6) is 4.06. The highest BCUT2D eigenvalue weighted by Crippen LogP contribution is 2.51. The van der Waals surface area contributed by atoms with Gasteiger partial charge in [0.25, 0.3) is 0 Å². The molecule has 0 radical (unpaired) electrons. The monoisotopic (exact) mass is 525 g/mol. The number of carboxylic acid groups (broad SMARTS) is 1. The van der Waals surface area contributed by atoms with E-state index in [0.29, 0.717) is 43.6 Å². The SMILES string of the molecule is C[C@@]1(C(F)(F)F)C=C(C(F)(F)F)C=CC1CCC#Cc1ccc2c(c1)OCC(CN1CC(C(=O)O)C1)=C2. The molecule has 0 spiro atoms. The van der Waals surface area contributed by atoms with E-state index in [9.17, 15) is 31.1 Å². The fraction of sp³-hybridized carbons (Fsp3) is 0.444. The van der Waals surface area contributed by atoms with Crippen molar-refractivity contribution >= 4 is 12.0 Å². The van der Waals surface area contributed by atoms with Gasteiger partial charge in [0.2, 0.25) is 0 Å². The molecule has 0 aromatic heterocycles. The molecule has 1 aliphatic carbocycles. The lowest BCUT2D eigenvalue weighted by Crippen LogP contribution is -2.51. The molecule has 1 fully saturated rings. The Kier molecular flexibility index (Phi) is 7.21. The lowest BCUT2D eigenvalue weighted by Gasteiger charge is -2.38. The minimum Gasteiger partial charge on any atom is -0.489 e. The molecule has 0 saturated carbocycles. The van der Waals surface area contributed by atoms with E-state index in [0.717, 1.165) is 24.1 Å². The van der Waals surface area contributed by atoms with E-state index in [1.54, 1.807) is 12.1 Å². The minimum absolute atomic E-state index is 0.0477. The predicted molar refractivity (Wildman–Crippen MR) is 125 cm³/mol. The van der Waals surface area contributed by atoms with Crippen LogP contribution in [0.2, 0.25) is 0 Å². The summed E-state index contributed by atoms with van der Waals surface area (Å²) in [6.45, 7) is 2.78. The first-order valence-corrected chi connectivity index (χ1v) is 11.7. The number of hydrogen-bond acceptors (Lipinski definition) is 3. The molecule has 3 aliphatic rings. The van der Waals surface area contributed by atoms with Gasteiger partial charge in [-0.1, -0.05) is 36.1 Å². The first kappa shape index (κ1) is 26.9. The van der Waals surface area contributed by atoms with Crippen LogP contribution in [-0.4, -0.2) is 54.6 Å². The highest BCUT2D eigenvalue weighted by atomic mass is 19.4. The van der Waals surface area contributed by atoms with Crippen LogP contribution in [0.5, 0.6) is 5.75 Å². The fourth-order valence-corrected chi connectivity index (χ4v) is 4.68. The van der Waals surface area contributed by atoms with Crippen LogP contribution in [0.1, 0.15) is 30.9 Å². The van der Waals surface area contributed by atoms with Crippen LogP contribution in [0.15, 0.2) is 47.6 Å². The molecule has 1 unspecified atom stereocenters. The van der Waals surface area contributed by atoms with Gasteiger partial charge in [0, 0.05) is 37.2 Å². The van der Waals surface area contributed by atoms with Crippen LogP contribution in [0.25, 0.3) is 6.08 Å². The van der Waals surface area contributed by atoms with Gasteiger partial charge >= 0.3 is 18.3 Å². The number of rotatable bonds is 5. The Morgan fingerprint density at radius 3 is 2.59 bits per heavy atom. The van der Waals surface area contributed by atoms with Crippen molar-refractivity contribution in [3.05, 3.63) is 58.7 Å². The van der Waals surface area contributed by atoms with Crippen LogP contribution in [0, 0.1) is 29.1 Å². The number of alkyl halides is 6. The van der Waals surface area contributed by atoms with Gasteiger partial charge in [-0.15, -0.1) is 0 Å². The number of allylic oxidation sites excluding steroid dienone is 4. The number of halogens is 6. The summed E-state index contributed by atoms with van der Waals surface area (Å²) in [6.07, 6.45) is -5.71. The highest BCUT2D eigenvalue weighted by molar-refractivity contribution is 5.71. The maximum Gasteiger partial charge on any atom is 0.416 e. The molecule has 4 nitrogen and oxygen atoms in total. The number of carbonyl (C=O) groups is 1. The van der Waals surface area contributed by atoms with Crippen LogP contribution in [0.4, 0.5) is 26.3 Å². The third-order valence-corrected chi connectivity index (χ3v) is 7.00. The van der Waals surface area contributed by atoms with Crippen molar-refractivity contribution in [3.8, 4) is 17.6 Å². The van der Waals surface area contributed by atoms with E-state index in [2.05, 4.69) is 11.8 Å². The number of aliphatic carboxylic acids is 1. The van der Waals surface area contributed by atoms with E-state index in [4.69, 9.17) is 9.84 Å². The van der Waals surface area contributed by atoms with Crippen molar-refractivity contribution in [3.63, 3.8) is 0 Å². The molecule has 1 aromatic carbocycles. The molecule has 1 N–H and O–H groups in total. The molecular weight excluding hydrogens is 500 g/mol. The van der Waals surface area contributed by atoms with Crippen molar-refractivity contribution in [2.75, 3.05) is 26.2 Å². The van der Waals surface area contributed by atoms with E-state index in [1.165, 1.54) is 0 Å². The fourth-order valence-electron chi connectivity index (χ4n) is 4.68. The Labute approximate surface area is 210 Å². The smallest absolute Gasteiger partial charge is 0.416 e. The Morgan fingerprint density at radius 1 is 1.22 bits per heavy atom. The van der Waals surface area contributed by atoms with Gasteiger partial charge in [-0.2, -0.15) is 26.3 Å². The summed E-state index contributed by atoms with van der Waals surface area (Å²) in [7, 11) is 0. The zero-order valence-corrected chi connectivity index (χ0v) is 19.9. The second kappa shape index (κ2) is 9.93. The highest BCUT2D eigenvalue weighted by Gasteiger charge is 2.56. The van der Waals surface area contributed by atoms with Gasteiger partial charge in [-0.25, -0.2) is 0 Å². The summed E-state index contributed by atoms with van der Waals surface area (Å²) in [6, 6.07) is 5.32. The molecule has 2 heterocycles. The lowest BCUT2D eigenvalue weighted by molar-refractivity contribution is -0.214. The maximum absolute atomic E-state index is 13.7. The van der Waals surface area contributed by atoms with Crippen LogP contribution < -0.4 is 4.74 Å². The number of benzene rings is 1. The number of likely N-dealkylation sites (tertiary alicyclic amines) is 1. The van der Waals surface area contributed by atoms with Crippen molar-refractivity contribution in [1.29, 1.82) is 0 Å². The minimum atomic E-state index is -4.85. The van der Waals surface area contributed by atoms with Gasteiger partial charge < -0.3 is 9.84 Å². The summed E-state index contributed by atoms with van der Waals surface area (Å²) in [5, 5.41) is 8.98. The zero-order valence-electron chi connectivity index (χ0n) is 19.9. The maximum atomic E-state index is 13.7. The van der Waals surface area contributed by atoms with Crippen molar-refractivity contribution in [2.45, 2.75) is 32.1 Å². The Morgan fingerprint density at radius 2 is 1.95 bits per heavy atom. The van der Waals surface area contributed by atoms with Gasteiger partial charge in [-0.05, 0) is 43.0 Å². The predicted octanol–water partition coefficient (Wildman–Crippen LogP) is 5.85. The van der Waals surface area contributed by atoms with E-state index in [-0.39, 0.29) is 24.8 Å². The van der Waals surface area contributed by atoms with Crippen LogP contribution >= 0.6 is 0 Å². The molecule has 0 amide bonds. The number of fused-ring (bicyclic) bond motifs is 1. The normalized spacial score (nSPS) is 24.1. The molecule has 1 aromatic rings. The zero-order chi connectivity index (χ0) is 27.0. The number of ether oxygens (including phenoxy) is 1. The van der Waals surface area contributed by atoms with Gasteiger partial charge in [0.1, 0.15) is 12.4 Å². The van der Waals surface area contributed by atoms with Crippen molar-refractivity contribution < 1.29 is 41.0 Å². The molecule has 4 rings (SSSR count). The van der Waals surface area contributed by atoms with Gasteiger partial charge in [-0.3, -0.25) is 9.69 Å². The number of carboxylic acids is 1. The molecule has 37 heavy (non-hydrogen) atoms. The average Bonchev–Trinajstić information content (AvgIpc) is 2.78. The van der Waals surface area contributed by atoms with Gasteiger partial charge in [0.15, 0.2) is 0 Å². The summed E-state index contributed by atoms with van der Waals surface area (Å²) >= 11 is 0. The quantitative estimate of drug-likeness (QED) is 0.387. The summed E-state index contributed by atoms with van der Waals surface area (Å²) in [4.78, 5) is 13.0. The number of hydrogen-bond donors (Lipinski definition) is 1. The second-order valence-electron chi connectivity index (χ2n) is 9.76. The largest absolute Gasteiger partial charge is 0.489 e. The molecule has 2 atom stereocenters. The molecule has 0 bridgehead atoms. The van der Waals surface area contributed by atoms with Crippen molar-refractivity contribution in [2.24, 2.45) is 17.3 Å². The molecule has 198 valence electrons. The molecule has 1 saturated heterocycles. The topological polar surface area (TPSA) is 49.8 Å². The standard InChI is InChI=1S/C27H25F6NO3/c1-25(27(31,32)33)12-22(26(28,29)30)9-8-21(25)5-3-2-4-17-6-7-19-10-18(16-37-23(19)11-17)13-34-14-20(15-34)24(35)36/h6-12,20-21H,3,5,13-16H2,1H3,(H,35,36)/t21?,25-/m1/s1. The molecule has 2 aliphatic heterocycles. The Balaban J connectivity index is 1.37. The molecular formula is C27H25F6NO3. The first-order valence-electron chi connectivity index (χ1n) is 11.7. The lowest BCUT2D eigenvalue weighted by atomic mass is 9.70. The Hall–Kier alpha value is -3.19. The summed E-state index contributed by atoms with van der Waals surface area (Å²) in [5.41, 5.74) is -1.45. The average molecular weight is 525 g/mol. The van der Waals surface area contributed by atoms with E-state index in [1.807, 2.05) is 17.0 Å². The van der Waals surface area contributed by atoms with E-state index >= 15 is 0 Å². The van der Waals surface area contributed by atoms with Gasteiger partial charge in [0.05, 0.1) is 16.9 Å².